The van der Waals surface area contributed by atoms with E-state index in [0.29, 0.717) is 13.0 Å². The molecule has 2 aromatic rings. The van der Waals surface area contributed by atoms with Crippen molar-refractivity contribution in [1.82, 2.24) is 4.57 Å². The third kappa shape index (κ3) is 3.50. The number of hydrogen-bond acceptors (Lipinski definition) is 4. The maximum absolute atomic E-state index is 11.6. The highest BCUT2D eigenvalue weighted by Gasteiger charge is 2.05. The molecule has 20 heavy (non-hydrogen) atoms. The average Bonchev–Trinajstić information content (AvgIpc) is 2.86. The van der Waals surface area contributed by atoms with Crippen molar-refractivity contribution in [2.45, 2.75) is 13.0 Å². The van der Waals surface area contributed by atoms with Crippen molar-refractivity contribution in [1.29, 1.82) is 0 Å². The van der Waals surface area contributed by atoms with Crippen LogP contribution in [0.25, 0.3) is 0 Å². The summed E-state index contributed by atoms with van der Waals surface area (Å²) in [6, 6.07) is 5.59. The molecule has 1 heterocycles. The van der Waals surface area contributed by atoms with Crippen LogP contribution in [0.1, 0.15) is 17.5 Å². The van der Waals surface area contributed by atoms with Gasteiger partial charge in [-0.15, -0.1) is 0 Å². The van der Waals surface area contributed by atoms with Gasteiger partial charge in [0.15, 0.2) is 0 Å². The Morgan fingerprint density at radius 1 is 1.45 bits per heavy atom. The molecular formula is C15H15NO3S. The van der Waals surface area contributed by atoms with Gasteiger partial charge in [-0.05, 0) is 23.8 Å². The van der Waals surface area contributed by atoms with Crippen LogP contribution >= 0.6 is 11.3 Å². The molecule has 1 aromatic heterocycles. The molecule has 0 aliphatic rings. The lowest BCUT2D eigenvalue weighted by molar-refractivity contribution is 0.305. The number of thiazole rings is 1. The Labute approximate surface area is 121 Å². The largest absolute Gasteiger partial charge is 0.497 e. The molecule has 4 nitrogen and oxygen atoms in total. The lowest BCUT2D eigenvalue weighted by Gasteiger charge is -2.08. The molecular weight excluding hydrogens is 274 g/mol. The van der Waals surface area contributed by atoms with Gasteiger partial charge in [0, 0.05) is 23.6 Å². The SMILES string of the molecule is COc1ccc(C#CCCO)c(Cn2ccsc2=O)c1. The summed E-state index contributed by atoms with van der Waals surface area (Å²) in [5.41, 5.74) is 1.77. The normalized spacial score (nSPS) is 9.90. The molecule has 0 spiro atoms. The van der Waals surface area contributed by atoms with Gasteiger partial charge in [0.2, 0.25) is 0 Å². The molecule has 0 fully saturated rings. The maximum Gasteiger partial charge on any atom is 0.307 e. The van der Waals surface area contributed by atoms with Crippen molar-refractivity contribution in [2.75, 3.05) is 13.7 Å². The lowest BCUT2D eigenvalue weighted by atomic mass is 10.1. The van der Waals surface area contributed by atoms with Gasteiger partial charge in [-0.2, -0.15) is 0 Å². The number of ether oxygens (including phenoxy) is 1. The van der Waals surface area contributed by atoms with E-state index in [4.69, 9.17) is 9.84 Å². The number of hydrogen-bond donors (Lipinski definition) is 1. The van der Waals surface area contributed by atoms with Gasteiger partial charge in [0.05, 0.1) is 20.3 Å². The van der Waals surface area contributed by atoms with E-state index < -0.39 is 0 Å². The van der Waals surface area contributed by atoms with Gasteiger partial charge >= 0.3 is 4.87 Å². The molecule has 104 valence electrons. The summed E-state index contributed by atoms with van der Waals surface area (Å²) in [6.45, 7) is 0.505. The van der Waals surface area contributed by atoms with Crippen molar-refractivity contribution < 1.29 is 9.84 Å². The minimum absolute atomic E-state index is 0.00193. The van der Waals surface area contributed by atoms with Crippen LogP contribution in [0.4, 0.5) is 0 Å². The molecule has 2 rings (SSSR count). The Bertz CT molecular complexity index is 691. The Kier molecular flexibility index (Phi) is 4.99. The quantitative estimate of drug-likeness (QED) is 0.872. The van der Waals surface area contributed by atoms with Crippen molar-refractivity contribution in [3.8, 4) is 17.6 Å². The molecule has 0 unspecified atom stereocenters. The molecule has 0 saturated heterocycles. The highest BCUT2D eigenvalue weighted by molar-refractivity contribution is 7.07. The zero-order valence-corrected chi connectivity index (χ0v) is 11.9. The second kappa shape index (κ2) is 6.94. The number of aliphatic hydroxyl groups is 1. The number of nitrogens with zero attached hydrogens (tertiary/aromatic N) is 1. The molecule has 1 aromatic carbocycles. The number of rotatable bonds is 4. The summed E-state index contributed by atoms with van der Waals surface area (Å²) in [4.78, 5) is 11.6. The van der Waals surface area contributed by atoms with E-state index in [1.54, 1.807) is 23.3 Å². The minimum Gasteiger partial charge on any atom is -0.497 e. The summed E-state index contributed by atoms with van der Waals surface area (Å²) in [6.07, 6.45) is 2.20. The standard InChI is InChI=1S/C15H15NO3S/c1-19-14-6-5-12(4-2-3-8-17)13(10-14)11-16-7-9-20-15(16)18/h5-7,9-10,17H,3,8,11H2,1H3. The van der Waals surface area contributed by atoms with E-state index in [2.05, 4.69) is 11.8 Å². The van der Waals surface area contributed by atoms with E-state index in [9.17, 15) is 4.79 Å². The molecule has 0 bridgehead atoms. The minimum atomic E-state index is 0.00193. The van der Waals surface area contributed by atoms with Crippen LogP contribution in [0, 0.1) is 11.8 Å². The van der Waals surface area contributed by atoms with Gasteiger partial charge in [-0.25, -0.2) is 0 Å². The number of methoxy groups -OCH3 is 1. The third-order valence-electron chi connectivity index (χ3n) is 2.76. The van der Waals surface area contributed by atoms with Crippen LogP contribution in [0.2, 0.25) is 0 Å². The Morgan fingerprint density at radius 2 is 2.30 bits per heavy atom. The zero-order chi connectivity index (χ0) is 14.4. The van der Waals surface area contributed by atoms with Crippen molar-refractivity contribution in [3.63, 3.8) is 0 Å². The molecule has 0 atom stereocenters. The molecule has 0 aliphatic heterocycles. The van der Waals surface area contributed by atoms with Crippen LogP contribution in [0.15, 0.2) is 34.6 Å². The first-order valence-electron chi connectivity index (χ1n) is 6.15. The van der Waals surface area contributed by atoms with Crippen molar-refractivity contribution in [3.05, 3.63) is 50.6 Å². The fourth-order valence-electron chi connectivity index (χ4n) is 1.75. The van der Waals surface area contributed by atoms with Crippen LogP contribution in [0.5, 0.6) is 5.75 Å². The summed E-state index contributed by atoms with van der Waals surface area (Å²) in [7, 11) is 1.60. The van der Waals surface area contributed by atoms with E-state index in [0.717, 1.165) is 16.9 Å². The fourth-order valence-corrected chi connectivity index (χ4v) is 2.34. The monoisotopic (exact) mass is 289 g/mol. The van der Waals surface area contributed by atoms with E-state index in [1.807, 2.05) is 18.2 Å². The van der Waals surface area contributed by atoms with E-state index in [-0.39, 0.29) is 11.5 Å². The summed E-state index contributed by atoms with van der Waals surface area (Å²) in [5.74, 6) is 6.65. The Morgan fingerprint density at radius 3 is 2.95 bits per heavy atom. The van der Waals surface area contributed by atoms with Crippen molar-refractivity contribution >= 4 is 11.3 Å². The molecule has 0 saturated carbocycles. The van der Waals surface area contributed by atoms with E-state index in [1.165, 1.54) is 11.3 Å². The molecule has 0 radical (unpaired) electrons. The lowest BCUT2D eigenvalue weighted by Crippen LogP contribution is -2.13. The van der Waals surface area contributed by atoms with Gasteiger partial charge in [-0.1, -0.05) is 23.2 Å². The highest BCUT2D eigenvalue weighted by atomic mass is 32.1. The first-order valence-corrected chi connectivity index (χ1v) is 7.03. The molecule has 0 amide bonds. The first kappa shape index (κ1) is 14.4. The third-order valence-corrected chi connectivity index (χ3v) is 3.45. The summed E-state index contributed by atoms with van der Waals surface area (Å²) < 4.78 is 6.85. The topological polar surface area (TPSA) is 51.5 Å². The summed E-state index contributed by atoms with van der Waals surface area (Å²) >= 11 is 1.17. The van der Waals surface area contributed by atoms with Gasteiger partial charge in [-0.3, -0.25) is 4.79 Å². The smallest absolute Gasteiger partial charge is 0.307 e. The number of benzene rings is 1. The Balaban J connectivity index is 2.35. The zero-order valence-electron chi connectivity index (χ0n) is 11.1. The van der Waals surface area contributed by atoms with Crippen LogP contribution in [-0.4, -0.2) is 23.4 Å². The predicted octanol–water partition coefficient (Wildman–Crippen LogP) is 1.70. The van der Waals surface area contributed by atoms with Crippen LogP contribution in [0.3, 0.4) is 0 Å². The van der Waals surface area contributed by atoms with Crippen LogP contribution in [-0.2, 0) is 6.54 Å². The Hall–Kier alpha value is -2.03. The molecule has 5 heteroatoms. The number of aromatic nitrogens is 1. The molecule has 0 aliphatic carbocycles. The second-order valence-corrected chi connectivity index (χ2v) is 4.95. The predicted molar refractivity (Wildman–Crippen MR) is 79.3 cm³/mol. The van der Waals surface area contributed by atoms with Crippen LogP contribution < -0.4 is 9.61 Å². The maximum atomic E-state index is 11.6. The van der Waals surface area contributed by atoms with Crippen molar-refractivity contribution in [2.24, 2.45) is 0 Å². The molecule has 1 N–H and O–H groups in total. The average molecular weight is 289 g/mol. The van der Waals surface area contributed by atoms with E-state index >= 15 is 0 Å². The first-order chi connectivity index (χ1) is 9.74. The number of aliphatic hydroxyl groups excluding tert-OH is 1. The highest BCUT2D eigenvalue weighted by Crippen LogP contribution is 2.18. The van der Waals surface area contributed by atoms with Gasteiger partial charge in [0.25, 0.3) is 0 Å². The van der Waals surface area contributed by atoms with Gasteiger partial charge in [0.1, 0.15) is 5.75 Å². The second-order valence-electron chi connectivity index (χ2n) is 4.10. The fraction of sp³-hybridized carbons (Fsp3) is 0.267. The summed E-state index contributed by atoms with van der Waals surface area (Å²) in [5, 5.41) is 10.5. The van der Waals surface area contributed by atoms with Gasteiger partial charge < -0.3 is 14.4 Å².